The Labute approximate surface area is 125 Å². The molecule has 0 aliphatic rings. The molecule has 0 saturated carbocycles. The summed E-state index contributed by atoms with van der Waals surface area (Å²) in [6.45, 7) is 6.66. The van der Waals surface area contributed by atoms with Gasteiger partial charge in [0.15, 0.2) is 0 Å². The van der Waals surface area contributed by atoms with E-state index in [1.54, 1.807) is 11.3 Å². The van der Waals surface area contributed by atoms with Crippen LogP contribution in [0, 0.1) is 6.92 Å². The third-order valence-corrected chi connectivity index (χ3v) is 3.45. The number of carbonyl (C=O) groups excluding carboxylic acids is 1. The molecule has 0 spiro atoms. The Balaban J connectivity index is 0. The lowest BCUT2D eigenvalue weighted by Gasteiger charge is -2.23. The smallest absolute Gasteiger partial charge is 0.222 e. The third-order valence-electron chi connectivity index (χ3n) is 2.21. The summed E-state index contributed by atoms with van der Waals surface area (Å²) in [4.78, 5) is 17.1. The molecule has 18 heavy (non-hydrogen) atoms. The Bertz CT molecular complexity index is 369. The normalized spacial score (nSPS) is 10.2. The molecule has 0 radical (unpaired) electrons. The first kappa shape index (κ1) is 20.0. The second kappa shape index (κ2) is 8.69. The van der Waals surface area contributed by atoms with Crippen molar-refractivity contribution < 1.29 is 4.79 Å². The van der Waals surface area contributed by atoms with E-state index < -0.39 is 0 Å². The average molecular weight is 314 g/mol. The zero-order valence-corrected chi connectivity index (χ0v) is 13.5. The van der Waals surface area contributed by atoms with E-state index in [4.69, 9.17) is 0 Å². The highest BCUT2D eigenvalue weighted by molar-refractivity contribution is 7.11. The lowest BCUT2D eigenvalue weighted by molar-refractivity contribution is -0.122. The van der Waals surface area contributed by atoms with Crippen LogP contribution in [0.2, 0.25) is 0 Å². The Morgan fingerprint density at radius 2 is 2.06 bits per heavy atom. The van der Waals surface area contributed by atoms with Crippen molar-refractivity contribution in [2.45, 2.75) is 32.7 Å². The highest BCUT2D eigenvalue weighted by Crippen LogP contribution is 2.24. The first-order valence-corrected chi connectivity index (χ1v) is 6.16. The van der Waals surface area contributed by atoms with Crippen molar-refractivity contribution in [2.24, 2.45) is 0 Å². The predicted octanol–water partition coefficient (Wildman–Crippen LogP) is 2.26. The molecule has 0 aromatic carbocycles. The van der Waals surface area contributed by atoms with Crippen molar-refractivity contribution in [3.05, 3.63) is 16.1 Å². The van der Waals surface area contributed by atoms with Gasteiger partial charge in [-0.1, -0.05) is 0 Å². The van der Waals surface area contributed by atoms with E-state index in [0.717, 1.165) is 9.88 Å². The number of nitrogens with zero attached hydrogens (tertiary/aromatic N) is 1. The van der Waals surface area contributed by atoms with E-state index in [0.29, 0.717) is 13.0 Å². The van der Waals surface area contributed by atoms with Crippen molar-refractivity contribution in [1.82, 2.24) is 15.6 Å². The standard InChI is InChI=1S/C11H19N3OS.2ClH/c1-8-7-13-10(16-8)11(2,3)14-9(15)5-6-12-4;;/h7,12H,5-6H2,1-4H3,(H,14,15);2*1H. The molecule has 1 heterocycles. The van der Waals surface area contributed by atoms with Gasteiger partial charge in [-0.05, 0) is 27.8 Å². The fourth-order valence-electron chi connectivity index (χ4n) is 1.35. The van der Waals surface area contributed by atoms with E-state index in [1.165, 1.54) is 0 Å². The molecular weight excluding hydrogens is 293 g/mol. The number of rotatable bonds is 5. The summed E-state index contributed by atoms with van der Waals surface area (Å²) in [6.07, 6.45) is 2.33. The lowest BCUT2D eigenvalue weighted by atomic mass is 10.1. The van der Waals surface area contributed by atoms with Gasteiger partial charge in [-0.3, -0.25) is 4.79 Å². The fraction of sp³-hybridized carbons (Fsp3) is 0.636. The first-order valence-electron chi connectivity index (χ1n) is 5.34. The van der Waals surface area contributed by atoms with E-state index >= 15 is 0 Å². The minimum atomic E-state index is -0.385. The second-order valence-corrected chi connectivity index (χ2v) is 5.54. The number of nitrogens with one attached hydrogen (secondary N) is 2. The zero-order chi connectivity index (χ0) is 12.2. The highest BCUT2D eigenvalue weighted by atomic mass is 35.5. The number of aryl methyl sites for hydroxylation is 1. The number of hydrogen-bond donors (Lipinski definition) is 2. The van der Waals surface area contributed by atoms with Crippen LogP contribution in [0.4, 0.5) is 0 Å². The van der Waals surface area contributed by atoms with Crippen LogP contribution in [0.25, 0.3) is 0 Å². The molecular formula is C11H21Cl2N3OS. The van der Waals surface area contributed by atoms with Crippen molar-refractivity contribution >= 4 is 42.1 Å². The van der Waals surface area contributed by atoms with E-state index in [1.807, 2.05) is 34.0 Å². The molecule has 0 bridgehead atoms. The maximum atomic E-state index is 11.6. The number of amides is 1. The van der Waals surface area contributed by atoms with Crippen molar-refractivity contribution in [2.75, 3.05) is 13.6 Å². The number of aromatic nitrogens is 1. The van der Waals surface area contributed by atoms with Crippen LogP contribution >= 0.6 is 36.2 Å². The lowest BCUT2D eigenvalue weighted by Crippen LogP contribution is -2.41. The molecule has 4 nitrogen and oxygen atoms in total. The van der Waals surface area contributed by atoms with Crippen LogP contribution in [-0.2, 0) is 10.3 Å². The molecule has 0 aliphatic carbocycles. The molecule has 1 amide bonds. The van der Waals surface area contributed by atoms with Gasteiger partial charge in [-0.25, -0.2) is 4.98 Å². The average Bonchev–Trinajstić information content (AvgIpc) is 2.62. The van der Waals surface area contributed by atoms with Crippen molar-refractivity contribution in [1.29, 1.82) is 0 Å². The SMILES string of the molecule is CNCCC(=O)NC(C)(C)c1ncc(C)s1.Cl.Cl. The summed E-state index contributed by atoms with van der Waals surface area (Å²) in [5, 5.41) is 6.89. The van der Waals surface area contributed by atoms with E-state index in [-0.39, 0.29) is 36.3 Å². The van der Waals surface area contributed by atoms with Crippen molar-refractivity contribution in [3.8, 4) is 0 Å². The van der Waals surface area contributed by atoms with Crippen LogP contribution in [0.5, 0.6) is 0 Å². The van der Waals surface area contributed by atoms with Gasteiger partial charge in [0.25, 0.3) is 0 Å². The number of thiazole rings is 1. The fourth-order valence-corrected chi connectivity index (χ4v) is 2.17. The highest BCUT2D eigenvalue weighted by Gasteiger charge is 2.25. The van der Waals surface area contributed by atoms with Gasteiger partial charge in [-0.2, -0.15) is 0 Å². The van der Waals surface area contributed by atoms with Crippen LogP contribution in [0.15, 0.2) is 6.20 Å². The maximum absolute atomic E-state index is 11.6. The van der Waals surface area contributed by atoms with Gasteiger partial charge in [-0.15, -0.1) is 36.2 Å². The van der Waals surface area contributed by atoms with Gasteiger partial charge in [0, 0.05) is 24.0 Å². The first-order chi connectivity index (χ1) is 7.45. The Hall–Kier alpha value is -0.360. The summed E-state index contributed by atoms with van der Waals surface area (Å²) in [5.74, 6) is 0.0483. The summed E-state index contributed by atoms with van der Waals surface area (Å²) in [7, 11) is 1.84. The summed E-state index contributed by atoms with van der Waals surface area (Å²) in [5.41, 5.74) is -0.385. The van der Waals surface area contributed by atoms with Gasteiger partial charge in [0.2, 0.25) is 5.91 Å². The second-order valence-electron chi connectivity index (χ2n) is 4.30. The topological polar surface area (TPSA) is 54.0 Å². The molecule has 1 rings (SSSR count). The quantitative estimate of drug-likeness (QED) is 0.876. The zero-order valence-electron chi connectivity index (χ0n) is 11.1. The summed E-state index contributed by atoms with van der Waals surface area (Å²) in [6, 6.07) is 0. The number of hydrogen-bond acceptors (Lipinski definition) is 4. The number of halogens is 2. The summed E-state index contributed by atoms with van der Waals surface area (Å²) >= 11 is 1.62. The molecule has 7 heteroatoms. The molecule has 1 aromatic heterocycles. The molecule has 2 N–H and O–H groups in total. The molecule has 0 unspecified atom stereocenters. The van der Waals surface area contributed by atoms with Gasteiger partial charge >= 0.3 is 0 Å². The molecule has 0 saturated heterocycles. The Morgan fingerprint density at radius 3 is 2.50 bits per heavy atom. The van der Waals surface area contributed by atoms with Gasteiger partial charge in [0.1, 0.15) is 5.01 Å². The minimum absolute atomic E-state index is 0. The summed E-state index contributed by atoms with van der Waals surface area (Å²) < 4.78 is 0. The largest absolute Gasteiger partial charge is 0.345 e. The van der Waals surface area contributed by atoms with E-state index in [2.05, 4.69) is 15.6 Å². The van der Waals surface area contributed by atoms with Crippen LogP contribution < -0.4 is 10.6 Å². The van der Waals surface area contributed by atoms with Crippen LogP contribution in [0.3, 0.4) is 0 Å². The van der Waals surface area contributed by atoms with E-state index in [9.17, 15) is 4.79 Å². The maximum Gasteiger partial charge on any atom is 0.222 e. The minimum Gasteiger partial charge on any atom is -0.345 e. The third kappa shape index (κ3) is 6.00. The Morgan fingerprint density at radius 1 is 1.44 bits per heavy atom. The van der Waals surface area contributed by atoms with Crippen LogP contribution in [-0.4, -0.2) is 24.5 Å². The predicted molar refractivity (Wildman–Crippen MR) is 81.1 cm³/mol. The van der Waals surface area contributed by atoms with Gasteiger partial charge < -0.3 is 10.6 Å². The van der Waals surface area contributed by atoms with Crippen molar-refractivity contribution in [3.63, 3.8) is 0 Å². The van der Waals surface area contributed by atoms with Crippen LogP contribution in [0.1, 0.15) is 30.2 Å². The Kier molecular flexibility index (Phi) is 9.64. The number of carbonyl (C=O) groups is 1. The van der Waals surface area contributed by atoms with Gasteiger partial charge in [0.05, 0.1) is 5.54 Å². The molecule has 106 valence electrons. The molecule has 0 atom stereocenters. The molecule has 0 fully saturated rings. The molecule has 1 aromatic rings. The monoisotopic (exact) mass is 313 g/mol. The molecule has 0 aliphatic heterocycles.